The van der Waals surface area contributed by atoms with E-state index in [9.17, 15) is 13.2 Å². The van der Waals surface area contributed by atoms with E-state index in [-0.39, 0.29) is 10.6 Å². The van der Waals surface area contributed by atoms with E-state index >= 15 is 0 Å². The monoisotopic (exact) mass is 448 g/mol. The number of ether oxygens (including phenoxy) is 1. The summed E-state index contributed by atoms with van der Waals surface area (Å²) in [5.41, 5.74) is 0.734. The molecule has 0 fully saturated rings. The molecule has 0 unspecified atom stereocenters. The molecule has 0 saturated heterocycles. The van der Waals surface area contributed by atoms with Crippen LogP contribution in [0.25, 0.3) is 0 Å². The maximum Gasteiger partial charge on any atom is 0.343 e. The van der Waals surface area contributed by atoms with E-state index in [0.717, 1.165) is 0 Å². The predicted octanol–water partition coefficient (Wildman–Crippen LogP) is 4.53. The lowest BCUT2D eigenvalue weighted by Gasteiger charge is -2.07. The minimum absolute atomic E-state index is 0.0153. The summed E-state index contributed by atoms with van der Waals surface area (Å²) in [6.45, 7) is 0. The van der Waals surface area contributed by atoms with E-state index in [1.807, 2.05) is 0 Å². The van der Waals surface area contributed by atoms with Gasteiger partial charge in [-0.2, -0.15) is 13.5 Å². The second-order valence-corrected chi connectivity index (χ2v) is 8.27. The van der Waals surface area contributed by atoms with E-state index in [0.29, 0.717) is 21.2 Å². The summed E-state index contributed by atoms with van der Waals surface area (Å²) in [5.74, 6) is -0.355. The molecule has 1 N–H and O–H groups in total. The molecule has 3 aromatic carbocycles. The van der Waals surface area contributed by atoms with Gasteiger partial charge in [-0.1, -0.05) is 35.3 Å². The van der Waals surface area contributed by atoms with Gasteiger partial charge in [0.2, 0.25) is 0 Å². The smallest absolute Gasteiger partial charge is 0.343 e. The number of carbonyl (C=O) groups excluding carboxylic acids is 1. The van der Waals surface area contributed by atoms with Crippen molar-refractivity contribution in [1.82, 2.24) is 4.83 Å². The summed E-state index contributed by atoms with van der Waals surface area (Å²) < 4.78 is 29.9. The molecular weight excluding hydrogens is 435 g/mol. The third-order valence-corrected chi connectivity index (χ3v) is 5.44. The molecule has 9 heteroatoms. The number of para-hydroxylation sites is 1. The highest BCUT2D eigenvalue weighted by molar-refractivity contribution is 7.89. The Morgan fingerprint density at radius 3 is 2.14 bits per heavy atom. The summed E-state index contributed by atoms with van der Waals surface area (Å²) >= 11 is 11.6. The lowest BCUT2D eigenvalue weighted by molar-refractivity contribution is 0.0734. The van der Waals surface area contributed by atoms with Crippen LogP contribution in [-0.2, 0) is 10.0 Å². The number of hydrogen-bond acceptors (Lipinski definition) is 5. The van der Waals surface area contributed by atoms with Gasteiger partial charge in [0.25, 0.3) is 10.0 Å². The molecule has 0 radical (unpaired) electrons. The second-order valence-electron chi connectivity index (χ2n) is 5.74. The normalized spacial score (nSPS) is 11.4. The van der Waals surface area contributed by atoms with Crippen molar-refractivity contribution in [2.24, 2.45) is 5.10 Å². The number of nitrogens with one attached hydrogen (secondary N) is 1. The molecule has 0 saturated carbocycles. The van der Waals surface area contributed by atoms with Crippen LogP contribution in [0, 0.1) is 0 Å². The maximum atomic E-state index is 12.3. The van der Waals surface area contributed by atoms with Gasteiger partial charge in [0.05, 0.1) is 16.7 Å². The highest BCUT2D eigenvalue weighted by Crippen LogP contribution is 2.19. The quantitative estimate of drug-likeness (QED) is 0.260. The number of carbonyl (C=O) groups is 1. The van der Waals surface area contributed by atoms with Gasteiger partial charge in [0.1, 0.15) is 5.75 Å². The van der Waals surface area contributed by atoms with E-state index in [2.05, 4.69) is 9.93 Å². The fourth-order valence-corrected chi connectivity index (χ4v) is 3.30. The minimum Gasteiger partial charge on any atom is -0.422 e. The molecule has 0 bridgehead atoms. The summed E-state index contributed by atoms with van der Waals surface area (Å²) in [6.07, 6.45) is 1.25. The predicted molar refractivity (Wildman–Crippen MR) is 112 cm³/mol. The molecule has 3 rings (SSSR count). The van der Waals surface area contributed by atoms with Gasteiger partial charge in [0, 0.05) is 15.6 Å². The van der Waals surface area contributed by atoms with Crippen molar-refractivity contribution in [3.8, 4) is 5.75 Å². The zero-order valence-electron chi connectivity index (χ0n) is 14.7. The molecule has 3 aromatic rings. The minimum atomic E-state index is -3.86. The first-order chi connectivity index (χ1) is 13.8. The van der Waals surface area contributed by atoms with E-state index in [4.69, 9.17) is 27.9 Å². The Bertz CT molecular complexity index is 1150. The van der Waals surface area contributed by atoms with Crippen LogP contribution in [0.15, 0.2) is 82.8 Å². The van der Waals surface area contributed by atoms with Gasteiger partial charge in [-0.25, -0.2) is 9.63 Å². The number of nitrogens with zero attached hydrogens (tertiary/aromatic N) is 1. The van der Waals surface area contributed by atoms with Gasteiger partial charge in [-0.05, 0) is 60.7 Å². The van der Waals surface area contributed by atoms with Crippen LogP contribution in [0.3, 0.4) is 0 Å². The van der Waals surface area contributed by atoms with Gasteiger partial charge in [-0.15, -0.1) is 0 Å². The topological polar surface area (TPSA) is 84.8 Å². The summed E-state index contributed by atoms with van der Waals surface area (Å²) in [6, 6.07) is 18.5. The van der Waals surface area contributed by atoms with Crippen molar-refractivity contribution in [3.05, 3.63) is 94.0 Å². The number of halogens is 2. The zero-order valence-corrected chi connectivity index (χ0v) is 17.1. The average Bonchev–Trinajstić information content (AvgIpc) is 2.70. The van der Waals surface area contributed by atoms with E-state index in [1.165, 1.54) is 30.5 Å². The number of hydrogen-bond donors (Lipinski definition) is 1. The Labute approximate surface area is 177 Å². The highest BCUT2D eigenvalue weighted by Gasteiger charge is 2.13. The Kier molecular flexibility index (Phi) is 6.53. The van der Waals surface area contributed by atoms with Crippen molar-refractivity contribution < 1.29 is 17.9 Å². The number of hydrazone groups is 1. The Morgan fingerprint density at radius 2 is 1.48 bits per heavy atom. The van der Waals surface area contributed by atoms with Crippen LogP contribution >= 0.6 is 23.2 Å². The highest BCUT2D eigenvalue weighted by atomic mass is 35.5. The fraction of sp³-hybridized carbons (Fsp3) is 0. The molecule has 0 spiro atoms. The van der Waals surface area contributed by atoms with Gasteiger partial charge >= 0.3 is 5.97 Å². The van der Waals surface area contributed by atoms with Gasteiger partial charge in [-0.3, -0.25) is 0 Å². The average molecular weight is 449 g/mol. The number of benzene rings is 3. The van der Waals surface area contributed by atoms with Gasteiger partial charge < -0.3 is 4.74 Å². The number of rotatable bonds is 6. The lowest BCUT2D eigenvalue weighted by Crippen LogP contribution is -2.18. The van der Waals surface area contributed by atoms with Crippen molar-refractivity contribution in [3.63, 3.8) is 0 Å². The largest absolute Gasteiger partial charge is 0.422 e. The van der Waals surface area contributed by atoms with Crippen molar-refractivity contribution in [2.45, 2.75) is 4.90 Å². The zero-order chi connectivity index (χ0) is 20.9. The fourth-order valence-electron chi connectivity index (χ4n) is 2.26. The molecule has 0 aromatic heterocycles. The van der Waals surface area contributed by atoms with Crippen LogP contribution in [0.1, 0.15) is 15.9 Å². The third kappa shape index (κ3) is 5.57. The molecule has 0 heterocycles. The Balaban J connectivity index is 1.74. The van der Waals surface area contributed by atoms with Crippen LogP contribution in [0.2, 0.25) is 10.0 Å². The van der Waals surface area contributed by atoms with Crippen LogP contribution < -0.4 is 9.57 Å². The van der Waals surface area contributed by atoms with Gasteiger partial charge in [0.15, 0.2) is 0 Å². The molecule has 6 nitrogen and oxygen atoms in total. The van der Waals surface area contributed by atoms with E-state index < -0.39 is 16.0 Å². The first-order valence-electron chi connectivity index (χ1n) is 8.22. The molecule has 0 aliphatic carbocycles. The van der Waals surface area contributed by atoms with Crippen molar-refractivity contribution >= 4 is 45.4 Å². The molecule has 0 aliphatic heterocycles. The van der Waals surface area contributed by atoms with Crippen molar-refractivity contribution in [2.75, 3.05) is 0 Å². The molecule has 0 aliphatic rings. The van der Waals surface area contributed by atoms with Crippen molar-refractivity contribution in [1.29, 1.82) is 0 Å². The summed E-state index contributed by atoms with van der Waals surface area (Å²) in [7, 11) is -3.86. The lowest BCUT2D eigenvalue weighted by atomic mass is 10.2. The molecule has 29 heavy (non-hydrogen) atoms. The molecule has 148 valence electrons. The second kappa shape index (κ2) is 9.09. The maximum absolute atomic E-state index is 12.3. The first-order valence-corrected chi connectivity index (χ1v) is 10.5. The molecule has 0 amide bonds. The number of sulfonamides is 1. The third-order valence-electron chi connectivity index (χ3n) is 3.70. The summed E-state index contributed by atoms with van der Waals surface area (Å²) in [5, 5.41) is 4.68. The van der Waals surface area contributed by atoms with E-state index in [1.54, 1.807) is 48.5 Å². The molecule has 0 atom stereocenters. The summed E-state index contributed by atoms with van der Waals surface area (Å²) in [4.78, 5) is 14.4. The Morgan fingerprint density at radius 1 is 0.897 bits per heavy atom. The van der Waals surface area contributed by atoms with Crippen LogP contribution in [0.4, 0.5) is 0 Å². The first kappa shape index (κ1) is 20.9. The van der Waals surface area contributed by atoms with Crippen LogP contribution in [0.5, 0.6) is 5.75 Å². The molecular formula is C20H14Cl2N2O4S. The SMILES string of the molecule is O=C(Oc1ccccc1/C=N/NS(=O)(=O)c1ccc(Cl)cc1)c1ccc(Cl)cc1. The van der Waals surface area contributed by atoms with Crippen LogP contribution in [-0.4, -0.2) is 20.6 Å². The Hall–Kier alpha value is -2.87. The number of esters is 1. The standard InChI is InChI=1S/C20H14Cl2N2O4S/c21-16-7-5-14(6-8-16)20(25)28-19-4-2-1-3-15(19)13-23-24-29(26,27)18-11-9-17(22)10-12-18/h1-13,24H/b23-13+.